The number of hydrogen-bond donors (Lipinski definition) is 4. The second-order valence-corrected chi connectivity index (χ2v) is 9.54. The molecule has 0 spiro atoms. The van der Waals surface area contributed by atoms with Gasteiger partial charge in [0.25, 0.3) is 0 Å². The first kappa shape index (κ1) is 29.7. The van der Waals surface area contributed by atoms with E-state index in [0.29, 0.717) is 29.5 Å². The minimum atomic E-state index is -0.487. The van der Waals surface area contributed by atoms with Crippen LogP contribution in [0.1, 0.15) is 78.9 Å². The van der Waals surface area contributed by atoms with Gasteiger partial charge >= 0.3 is 5.76 Å². The van der Waals surface area contributed by atoms with Gasteiger partial charge in [-0.25, -0.2) is 20.3 Å². The van der Waals surface area contributed by atoms with Crippen molar-refractivity contribution < 1.29 is 9.36 Å². The lowest BCUT2D eigenvalue weighted by Gasteiger charge is -2.01. The predicted octanol–water partition coefficient (Wildman–Crippen LogP) is 4.22. The zero-order valence-corrected chi connectivity index (χ0v) is 22.5. The molecular formula is C22H37N9O3S. The van der Waals surface area contributed by atoms with Crippen molar-refractivity contribution in [2.24, 2.45) is 21.8 Å². The van der Waals surface area contributed by atoms with Crippen LogP contribution in [-0.2, 0) is 4.84 Å². The van der Waals surface area contributed by atoms with Crippen LogP contribution in [0.3, 0.4) is 0 Å². The summed E-state index contributed by atoms with van der Waals surface area (Å²) in [4.78, 5) is 29.6. The van der Waals surface area contributed by atoms with Gasteiger partial charge in [-0.3, -0.25) is 14.6 Å². The van der Waals surface area contributed by atoms with E-state index < -0.39 is 5.76 Å². The number of aromatic amines is 2. The Morgan fingerprint density at radius 3 is 1.74 bits per heavy atom. The van der Waals surface area contributed by atoms with E-state index >= 15 is 0 Å². The highest BCUT2D eigenvalue weighted by molar-refractivity contribution is 8.02. The van der Waals surface area contributed by atoms with Crippen LogP contribution in [0.4, 0.5) is 0 Å². The molecule has 0 saturated heterocycles. The molecule has 0 atom stereocenters. The maximum absolute atomic E-state index is 10.3. The van der Waals surface area contributed by atoms with E-state index in [4.69, 9.17) is 4.84 Å². The van der Waals surface area contributed by atoms with Gasteiger partial charge in [-0.05, 0) is 6.58 Å². The second kappa shape index (κ2) is 14.8. The van der Waals surface area contributed by atoms with Crippen molar-refractivity contribution in [3.05, 3.63) is 52.6 Å². The molecule has 0 radical (unpaired) electrons. The number of H-pyrrole nitrogens is 2. The molecule has 2 aromatic rings. The van der Waals surface area contributed by atoms with Crippen LogP contribution < -0.4 is 16.0 Å². The van der Waals surface area contributed by atoms with Gasteiger partial charge < -0.3 is 9.56 Å². The fourth-order valence-corrected chi connectivity index (χ4v) is 2.71. The number of aromatic nitrogens is 5. The van der Waals surface area contributed by atoms with Crippen LogP contribution in [0.15, 0.2) is 49.7 Å². The van der Waals surface area contributed by atoms with Gasteiger partial charge in [-0.15, -0.1) is 0 Å². The van der Waals surface area contributed by atoms with Crippen molar-refractivity contribution in [3.8, 4) is 0 Å². The van der Waals surface area contributed by atoms with E-state index in [1.807, 2.05) is 27.7 Å². The van der Waals surface area contributed by atoms with Crippen molar-refractivity contribution in [3.63, 3.8) is 0 Å². The topological polar surface area (TPSA) is 158 Å². The summed E-state index contributed by atoms with van der Waals surface area (Å²) in [6, 6.07) is 0. The van der Waals surface area contributed by atoms with Gasteiger partial charge in [-0.2, -0.15) is 10.1 Å². The van der Waals surface area contributed by atoms with Gasteiger partial charge in [0.15, 0.2) is 5.82 Å². The number of aliphatic imine (C=N–C) groups is 2. The Bertz CT molecular complexity index is 997. The maximum atomic E-state index is 10.3. The largest absolute Gasteiger partial charge is 0.438 e. The summed E-state index contributed by atoms with van der Waals surface area (Å²) in [6.07, 6.45) is 1.52. The van der Waals surface area contributed by atoms with E-state index in [-0.39, 0.29) is 5.92 Å². The van der Waals surface area contributed by atoms with E-state index in [0.717, 1.165) is 22.5 Å². The highest BCUT2D eigenvalue weighted by Crippen LogP contribution is 2.19. The van der Waals surface area contributed by atoms with E-state index in [1.165, 1.54) is 18.3 Å². The Balaban J connectivity index is 0.000000234. The first-order valence-corrected chi connectivity index (χ1v) is 12.0. The summed E-state index contributed by atoms with van der Waals surface area (Å²) in [5.41, 5.74) is 2.66. The summed E-state index contributed by atoms with van der Waals surface area (Å²) in [6.45, 7) is 23.5. The van der Waals surface area contributed by atoms with Gasteiger partial charge in [0.1, 0.15) is 28.9 Å². The van der Waals surface area contributed by atoms with Crippen molar-refractivity contribution in [2.75, 3.05) is 0 Å². The van der Waals surface area contributed by atoms with Crippen LogP contribution in [0.25, 0.3) is 0 Å². The van der Waals surface area contributed by atoms with Crippen LogP contribution >= 0.6 is 11.9 Å². The summed E-state index contributed by atoms with van der Waals surface area (Å²) in [5, 5.41) is 10.8. The Labute approximate surface area is 210 Å². The lowest BCUT2D eigenvalue weighted by molar-refractivity contribution is 0.176. The Kier molecular flexibility index (Phi) is 12.6. The second-order valence-electron chi connectivity index (χ2n) is 8.66. The molecule has 194 valence electrons. The molecule has 4 N–H and O–H groups in total. The lowest BCUT2D eigenvalue weighted by Crippen LogP contribution is -2.21. The molecule has 2 aliphatic heterocycles. The van der Waals surface area contributed by atoms with Gasteiger partial charge in [0.05, 0.1) is 0 Å². The average Bonchev–Trinajstić information content (AvgIpc) is 3.57. The Hall–Kier alpha value is -3.35. The van der Waals surface area contributed by atoms with Crippen molar-refractivity contribution in [2.45, 2.75) is 67.2 Å². The van der Waals surface area contributed by atoms with Gasteiger partial charge in [0.2, 0.25) is 5.88 Å². The summed E-state index contributed by atoms with van der Waals surface area (Å²) >= 11 is 1.49. The molecule has 2 aromatic heterocycles. The number of nitrogens with one attached hydrogen (secondary N) is 4. The van der Waals surface area contributed by atoms with Crippen LogP contribution in [0, 0.1) is 11.8 Å². The molecule has 0 amide bonds. The van der Waals surface area contributed by atoms with Crippen molar-refractivity contribution >= 4 is 23.6 Å². The molecule has 35 heavy (non-hydrogen) atoms. The van der Waals surface area contributed by atoms with E-state index in [9.17, 15) is 4.79 Å². The molecule has 2 aliphatic rings. The van der Waals surface area contributed by atoms with Crippen LogP contribution in [0.2, 0.25) is 0 Å². The molecule has 0 unspecified atom stereocenters. The number of rotatable bonds is 4. The predicted molar refractivity (Wildman–Crippen MR) is 139 cm³/mol. The minimum absolute atomic E-state index is 0.219. The third-order valence-electron chi connectivity index (χ3n) is 4.12. The highest BCUT2D eigenvalue weighted by atomic mass is 32.2. The molecule has 0 aromatic carbocycles. The molecule has 0 saturated carbocycles. The summed E-state index contributed by atoms with van der Waals surface area (Å²) in [7, 11) is 0. The normalized spacial score (nSPS) is 14.2. The first-order chi connectivity index (χ1) is 16.4. The molecule has 4 heterocycles. The highest BCUT2D eigenvalue weighted by Gasteiger charge is 2.12. The number of nitrogens with zero attached hydrogens (tertiary/aromatic N) is 5. The monoisotopic (exact) mass is 507 g/mol. The SMILES string of the molecule is C=C1N=C(C(C)C)NO1.C=C1N=C(C(C)C)NS1.CC(C)c1ncn[nH]1.CC(C)c1noc(=O)[nH]1. The standard InChI is InChI=1S/C6H10N2O.C6H10N2S.C5H9N3.C5H8N2O2/c2*1-4(2)6-7-5(3)9-8-6;1-4(2)5-6-3-7-8-5;1-3(2)4-6-5(8)9-7-4/h2*4H,3H2,1-2H3,(H,7,8);3-4H,1-2H3,(H,6,7,8);3H,1-2H3,(H,6,7,8). The number of amidine groups is 2. The average molecular weight is 508 g/mol. The van der Waals surface area contributed by atoms with Crippen LogP contribution in [-0.4, -0.2) is 37.0 Å². The molecule has 0 bridgehead atoms. The smallest absolute Gasteiger partial charge is 0.361 e. The fraction of sp³-hybridized carbons (Fsp3) is 0.545. The molecule has 12 nitrogen and oxygen atoms in total. The van der Waals surface area contributed by atoms with Crippen molar-refractivity contribution in [1.29, 1.82) is 0 Å². The molecular weight excluding hydrogens is 470 g/mol. The summed E-state index contributed by atoms with van der Waals surface area (Å²) < 4.78 is 7.34. The van der Waals surface area contributed by atoms with Crippen LogP contribution in [0.5, 0.6) is 0 Å². The first-order valence-electron chi connectivity index (χ1n) is 11.2. The molecule has 13 heteroatoms. The molecule has 0 fully saturated rings. The number of hydroxylamine groups is 1. The lowest BCUT2D eigenvalue weighted by atomic mass is 10.2. The Morgan fingerprint density at radius 1 is 0.886 bits per heavy atom. The Morgan fingerprint density at radius 2 is 1.51 bits per heavy atom. The van der Waals surface area contributed by atoms with E-state index in [1.54, 1.807) is 0 Å². The fourth-order valence-electron chi connectivity index (χ4n) is 2.06. The third kappa shape index (κ3) is 11.6. The van der Waals surface area contributed by atoms with Crippen molar-refractivity contribution in [1.82, 2.24) is 35.5 Å². The summed E-state index contributed by atoms with van der Waals surface area (Å²) in [5.74, 6) is 4.92. The molecule has 0 aliphatic carbocycles. The van der Waals surface area contributed by atoms with Gasteiger partial charge in [0, 0.05) is 35.6 Å². The zero-order valence-electron chi connectivity index (χ0n) is 21.7. The molecule has 4 rings (SSSR count). The van der Waals surface area contributed by atoms with E-state index in [2.05, 4.69) is 90.9 Å². The number of hydrogen-bond acceptors (Lipinski definition) is 11. The minimum Gasteiger partial charge on any atom is -0.361 e. The van der Waals surface area contributed by atoms with Gasteiger partial charge in [-0.1, -0.05) is 67.1 Å². The maximum Gasteiger partial charge on any atom is 0.438 e. The quantitative estimate of drug-likeness (QED) is 0.444. The third-order valence-corrected chi connectivity index (χ3v) is 4.75. The zero-order chi connectivity index (χ0) is 26.5.